The molecule has 1 amide bonds. The molecule has 0 spiro atoms. The number of nitrogens with one attached hydrogen (secondary N) is 2. The van der Waals surface area contributed by atoms with Crippen LogP contribution in [0.2, 0.25) is 5.02 Å². The van der Waals surface area contributed by atoms with Crippen molar-refractivity contribution in [2.75, 3.05) is 6.61 Å². The van der Waals surface area contributed by atoms with Gasteiger partial charge in [0, 0.05) is 40.1 Å². The fourth-order valence-corrected chi connectivity index (χ4v) is 3.35. The van der Waals surface area contributed by atoms with Gasteiger partial charge in [-0.1, -0.05) is 17.7 Å². The largest absolute Gasteiger partial charge is 0.394 e. The number of aromatic nitrogens is 2. The number of aliphatic hydroxyl groups excluding tert-OH is 1. The van der Waals surface area contributed by atoms with Crippen LogP contribution >= 0.6 is 22.9 Å². The van der Waals surface area contributed by atoms with Crippen molar-refractivity contribution in [1.82, 2.24) is 15.3 Å². The molecule has 0 bridgehead atoms. The molecule has 5 nitrogen and oxygen atoms in total. The number of hydrogen-bond acceptors (Lipinski definition) is 4. The number of fused-ring (bicyclic) bond motifs is 1. The fraction of sp³-hybridized carbons (Fsp3) is 0.250. The van der Waals surface area contributed by atoms with Gasteiger partial charge in [-0.3, -0.25) is 4.79 Å². The predicted octanol–water partition coefficient (Wildman–Crippen LogP) is 2.54. The number of carbonyl (C=O) groups is 1. The first kappa shape index (κ1) is 16.0. The lowest BCUT2D eigenvalue weighted by molar-refractivity contribution is -0.121. The van der Waals surface area contributed by atoms with Gasteiger partial charge in [0.05, 0.1) is 24.1 Å². The molecule has 2 aromatic heterocycles. The van der Waals surface area contributed by atoms with Gasteiger partial charge < -0.3 is 15.4 Å². The molecule has 120 valence electrons. The normalized spacial score (nSPS) is 12.4. The Hall–Kier alpha value is -1.89. The summed E-state index contributed by atoms with van der Waals surface area (Å²) in [5, 5.41) is 16.7. The molecule has 2 heterocycles. The Morgan fingerprint density at radius 2 is 2.35 bits per heavy atom. The van der Waals surface area contributed by atoms with E-state index < -0.39 is 0 Å². The Kier molecular flexibility index (Phi) is 4.95. The van der Waals surface area contributed by atoms with E-state index in [-0.39, 0.29) is 25.0 Å². The molecule has 1 atom stereocenters. The van der Waals surface area contributed by atoms with Gasteiger partial charge in [0.2, 0.25) is 5.91 Å². The summed E-state index contributed by atoms with van der Waals surface area (Å²) in [6.45, 7) is -0.116. The van der Waals surface area contributed by atoms with Crippen molar-refractivity contribution in [2.24, 2.45) is 0 Å². The second-order valence-corrected chi connectivity index (χ2v) is 6.67. The van der Waals surface area contributed by atoms with Gasteiger partial charge in [-0.25, -0.2) is 4.98 Å². The van der Waals surface area contributed by atoms with Crippen LogP contribution in [0, 0.1) is 0 Å². The van der Waals surface area contributed by atoms with E-state index in [2.05, 4.69) is 15.3 Å². The minimum Gasteiger partial charge on any atom is -0.394 e. The zero-order valence-corrected chi connectivity index (χ0v) is 13.8. The summed E-state index contributed by atoms with van der Waals surface area (Å²) in [6, 6.07) is 5.21. The van der Waals surface area contributed by atoms with Crippen LogP contribution in [-0.2, 0) is 17.6 Å². The summed E-state index contributed by atoms with van der Waals surface area (Å²) < 4.78 is 0. The lowest BCUT2D eigenvalue weighted by atomic mass is 10.1. The molecule has 0 aliphatic heterocycles. The SMILES string of the molecule is O=C(Cc1c[nH]c2cc(Cl)ccc12)NC(CO)Cc1nccs1. The number of rotatable bonds is 6. The molecule has 7 heteroatoms. The van der Waals surface area contributed by atoms with Crippen molar-refractivity contribution < 1.29 is 9.90 Å². The van der Waals surface area contributed by atoms with Gasteiger partial charge in [-0.05, 0) is 17.7 Å². The highest BCUT2D eigenvalue weighted by Crippen LogP contribution is 2.22. The Morgan fingerprint density at radius 3 is 3.09 bits per heavy atom. The Bertz CT molecular complexity index is 801. The van der Waals surface area contributed by atoms with Crippen LogP contribution in [0.1, 0.15) is 10.6 Å². The number of carbonyl (C=O) groups excluding carboxylic acids is 1. The molecular formula is C16H16ClN3O2S. The maximum absolute atomic E-state index is 12.2. The third kappa shape index (κ3) is 3.90. The van der Waals surface area contributed by atoms with Crippen molar-refractivity contribution in [1.29, 1.82) is 0 Å². The number of benzene rings is 1. The zero-order chi connectivity index (χ0) is 16.2. The second-order valence-electron chi connectivity index (χ2n) is 5.26. The lowest BCUT2D eigenvalue weighted by Gasteiger charge is -2.14. The van der Waals surface area contributed by atoms with E-state index in [1.54, 1.807) is 12.3 Å². The average Bonchev–Trinajstić information content (AvgIpc) is 3.16. The predicted molar refractivity (Wildman–Crippen MR) is 91.8 cm³/mol. The third-order valence-electron chi connectivity index (χ3n) is 3.57. The van der Waals surface area contributed by atoms with E-state index >= 15 is 0 Å². The van der Waals surface area contributed by atoms with Crippen LogP contribution in [0.3, 0.4) is 0 Å². The molecule has 0 fully saturated rings. The first-order chi connectivity index (χ1) is 11.2. The van der Waals surface area contributed by atoms with Gasteiger partial charge in [-0.15, -0.1) is 11.3 Å². The number of aromatic amines is 1. The van der Waals surface area contributed by atoms with E-state index in [1.165, 1.54) is 11.3 Å². The summed E-state index contributed by atoms with van der Waals surface area (Å²) in [4.78, 5) is 19.5. The zero-order valence-electron chi connectivity index (χ0n) is 12.3. The first-order valence-corrected chi connectivity index (χ1v) is 8.45. The molecule has 0 saturated carbocycles. The number of H-pyrrole nitrogens is 1. The van der Waals surface area contributed by atoms with Crippen molar-refractivity contribution in [3.63, 3.8) is 0 Å². The molecule has 3 rings (SSSR count). The molecule has 0 radical (unpaired) electrons. The molecule has 0 saturated heterocycles. The van der Waals surface area contributed by atoms with E-state index in [4.69, 9.17) is 11.6 Å². The minimum atomic E-state index is -0.326. The Labute approximate surface area is 142 Å². The summed E-state index contributed by atoms with van der Waals surface area (Å²) in [5.41, 5.74) is 1.81. The molecule has 23 heavy (non-hydrogen) atoms. The van der Waals surface area contributed by atoms with Crippen LogP contribution in [-0.4, -0.2) is 33.6 Å². The monoisotopic (exact) mass is 349 g/mol. The van der Waals surface area contributed by atoms with Crippen LogP contribution in [0.5, 0.6) is 0 Å². The fourth-order valence-electron chi connectivity index (χ4n) is 2.48. The van der Waals surface area contributed by atoms with Crippen molar-refractivity contribution >= 4 is 39.7 Å². The number of hydrogen-bond donors (Lipinski definition) is 3. The highest BCUT2D eigenvalue weighted by Gasteiger charge is 2.15. The first-order valence-electron chi connectivity index (χ1n) is 7.20. The second kappa shape index (κ2) is 7.12. The highest BCUT2D eigenvalue weighted by molar-refractivity contribution is 7.09. The van der Waals surface area contributed by atoms with Crippen LogP contribution in [0.4, 0.5) is 0 Å². The number of nitrogens with zero attached hydrogens (tertiary/aromatic N) is 1. The van der Waals surface area contributed by atoms with Crippen molar-refractivity contribution in [2.45, 2.75) is 18.9 Å². The van der Waals surface area contributed by atoms with Gasteiger partial charge in [0.1, 0.15) is 0 Å². The topological polar surface area (TPSA) is 78.0 Å². The third-order valence-corrected chi connectivity index (χ3v) is 4.61. The molecule has 1 aromatic carbocycles. The smallest absolute Gasteiger partial charge is 0.224 e. The molecule has 3 N–H and O–H groups in total. The molecular weight excluding hydrogens is 334 g/mol. The molecule has 0 aliphatic rings. The van der Waals surface area contributed by atoms with Crippen LogP contribution in [0.25, 0.3) is 10.9 Å². The van der Waals surface area contributed by atoms with E-state index in [9.17, 15) is 9.90 Å². The van der Waals surface area contributed by atoms with Gasteiger partial charge >= 0.3 is 0 Å². The van der Waals surface area contributed by atoms with Gasteiger partial charge in [-0.2, -0.15) is 0 Å². The lowest BCUT2D eigenvalue weighted by Crippen LogP contribution is -2.39. The van der Waals surface area contributed by atoms with Crippen LogP contribution in [0.15, 0.2) is 36.0 Å². The maximum Gasteiger partial charge on any atom is 0.224 e. The highest BCUT2D eigenvalue weighted by atomic mass is 35.5. The maximum atomic E-state index is 12.2. The summed E-state index contributed by atoms with van der Waals surface area (Å²) >= 11 is 7.47. The van der Waals surface area contributed by atoms with Crippen molar-refractivity contribution in [3.05, 3.63) is 51.6 Å². The standard InChI is InChI=1S/C16H16ClN3O2S/c17-11-1-2-13-10(8-19-14(13)6-11)5-15(22)20-12(9-21)7-16-18-3-4-23-16/h1-4,6,8,12,19,21H,5,7,9H2,(H,20,22). The number of halogens is 1. The van der Waals surface area contributed by atoms with E-state index in [1.807, 2.05) is 23.7 Å². The van der Waals surface area contributed by atoms with Crippen LogP contribution < -0.4 is 5.32 Å². The minimum absolute atomic E-state index is 0.116. The van der Waals surface area contributed by atoms with E-state index in [0.29, 0.717) is 11.4 Å². The van der Waals surface area contributed by atoms with E-state index in [0.717, 1.165) is 21.5 Å². The number of amides is 1. The van der Waals surface area contributed by atoms with Crippen molar-refractivity contribution in [3.8, 4) is 0 Å². The Balaban J connectivity index is 1.65. The molecule has 0 aliphatic carbocycles. The van der Waals surface area contributed by atoms with Gasteiger partial charge in [0.25, 0.3) is 0 Å². The van der Waals surface area contributed by atoms with Gasteiger partial charge in [0.15, 0.2) is 0 Å². The summed E-state index contributed by atoms with van der Waals surface area (Å²) in [5.74, 6) is -0.128. The summed E-state index contributed by atoms with van der Waals surface area (Å²) in [7, 11) is 0. The average molecular weight is 350 g/mol. The number of aliphatic hydroxyl groups is 1. The summed E-state index contributed by atoms with van der Waals surface area (Å²) in [6.07, 6.45) is 4.31. The Morgan fingerprint density at radius 1 is 1.48 bits per heavy atom. The molecule has 3 aromatic rings. The quantitative estimate of drug-likeness (QED) is 0.640. The molecule has 1 unspecified atom stereocenters. The number of thiazole rings is 1.